The average molecular weight is 457 g/mol. The Morgan fingerprint density at radius 2 is 1.84 bits per heavy atom. The number of anilines is 1. The van der Waals surface area contributed by atoms with Gasteiger partial charge in [-0.25, -0.2) is 9.59 Å². The molecule has 3 aliphatic rings. The van der Waals surface area contributed by atoms with Gasteiger partial charge in [0, 0.05) is 26.2 Å². The molecule has 0 aliphatic carbocycles. The van der Waals surface area contributed by atoms with E-state index in [9.17, 15) is 22.5 Å². The van der Waals surface area contributed by atoms with Gasteiger partial charge in [-0.2, -0.15) is 8.42 Å². The van der Waals surface area contributed by atoms with E-state index in [1.165, 1.54) is 6.07 Å². The number of halogens is 1. The molecule has 1 aromatic carbocycles. The summed E-state index contributed by atoms with van der Waals surface area (Å²) in [6, 6.07) is 4.46. The molecule has 2 saturated heterocycles. The molecule has 31 heavy (non-hydrogen) atoms. The number of ether oxygens (including phenoxy) is 2. The van der Waals surface area contributed by atoms with Crippen molar-refractivity contribution in [2.75, 3.05) is 44.3 Å². The molecule has 170 valence electrons. The first-order chi connectivity index (χ1) is 14.4. The molecule has 2 bridgehead atoms. The molecule has 4 rings (SSSR count). The number of nitrogens with zero attached hydrogens (tertiary/aromatic N) is 3. The number of cyclic esters (lactones) is 1. The van der Waals surface area contributed by atoms with Crippen molar-refractivity contribution in [1.82, 2.24) is 10.0 Å². The summed E-state index contributed by atoms with van der Waals surface area (Å²) in [4.78, 5) is 27.1. The predicted molar refractivity (Wildman–Crippen MR) is 106 cm³/mol. The minimum absolute atomic E-state index is 0.111. The lowest BCUT2D eigenvalue weighted by atomic mass is 9.92. The highest BCUT2D eigenvalue weighted by molar-refractivity contribution is 7.87. The van der Waals surface area contributed by atoms with Crippen LogP contribution in [0.4, 0.5) is 19.8 Å². The Morgan fingerprint density at radius 1 is 1.16 bits per heavy atom. The fourth-order valence-corrected chi connectivity index (χ4v) is 5.01. The van der Waals surface area contributed by atoms with Crippen LogP contribution in [-0.2, 0) is 29.3 Å². The number of carbonyl (C=O) groups excluding carboxylic acids is 2. The van der Waals surface area contributed by atoms with Gasteiger partial charge in [0.05, 0.1) is 5.69 Å². The lowest BCUT2D eigenvalue weighted by Crippen LogP contribution is -2.50. The van der Waals surface area contributed by atoms with Crippen LogP contribution in [0.25, 0.3) is 0 Å². The zero-order valence-corrected chi connectivity index (χ0v) is 18.3. The Balaban J connectivity index is 1.59. The number of hydrogen-bond acceptors (Lipinski definition) is 8. The summed E-state index contributed by atoms with van der Waals surface area (Å²) < 4.78 is 55.3. The molecule has 0 radical (unpaired) electrons. The number of carbonyl (C=O) groups is 2. The summed E-state index contributed by atoms with van der Waals surface area (Å²) in [7, 11) is -4.20. The van der Waals surface area contributed by atoms with E-state index in [0.717, 1.165) is 0 Å². The highest BCUT2D eigenvalue weighted by atomic mass is 32.2. The van der Waals surface area contributed by atoms with Gasteiger partial charge in [-0.1, -0.05) is 10.5 Å². The van der Waals surface area contributed by atoms with Gasteiger partial charge in [-0.3, -0.25) is 4.18 Å². The van der Waals surface area contributed by atoms with Gasteiger partial charge < -0.3 is 19.3 Å². The van der Waals surface area contributed by atoms with Crippen molar-refractivity contribution in [3.8, 4) is 0 Å². The summed E-state index contributed by atoms with van der Waals surface area (Å²) >= 11 is 0. The second-order valence-corrected chi connectivity index (χ2v) is 10.3. The lowest BCUT2D eigenvalue weighted by molar-refractivity contribution is -0.0326. The molecule has 10 nitrogen and oxygen atoms in total. The zero-order chi connectivity index (χ0) is 22.6. The van der Waals surface area contributed by atoms with Crippen LogP contribution in [0.2, 0.25) is 0 Å². The third kappa shape index (κ3) is 3.78. The zero-order valence-electron chi connectivity index (χ0n) is 17.5. The predicted octanol–water partition coefficient (Wildman–Crippen LogP) is 1.99. The minimum atomic E-state index is -4.20. The Bertz CT molecular complexity index is 1020. The fourth-order valence-electron chi connectivity index (χ4n) is 3.81. The molecular formula is C19H24FN3O7S. The third-order valence-electron chi connectivity index (χ3n) is 5.46. The van der Waals surface area contributed by atoms with Gasteiger partial charge in [-0.15, -0.1) is 5.12 Å². The number of fused-ring (bicyclic) bond motifs is 3. The van der Waals surface area contributed by atoms with Gasteiger partial charge >= 0.3 is 12.2 Å². The van der Waals surface area contributed by atoms with Crippen molar-refractivity contribution in [1.29, 1.82) is 0 Å². The van der Waals surface area contributed by atoms with Crippen LogP contribution in [0.1, 0.15) is 26.3 Å². The number of amides is 2. The maximum absolute atomic E-state index is 14.5. The van der Waals surface area contributed by atoms with Crippen molar-refractivity contribution >= 4 is 28.0 Å². The second-order valence-electron chi connectivity index (χ2n) is 8.72. The molecule has 1 atom stereocenters. The first-order valence-corrected chi connectivity index (χ1v) is 11.2. The molecule has 3 heterocycles. The molecule has 2 amide bonds. The first-order valence-electron chi connectivity index (χ1n) is 9.83. The van der Waals surface area contributed by atoms with Gasteiger partial charge in [0.1, 0.15) is 23.7 Å². The molecular weight excluding hydrogens is 433 g/mol. The quantitative estimate of drug-likeness (QED) is 0.466. The number of rotatable bonds is 1. The number of piperazine rings is 1. The molecule has 0 aromatic heterocycles. The van der Waals surface area contributed by atoms with Crippen LogP contribution in [0.5, 0.6) is 0 Å². The summed E-state index contributed by atoms with van der Waals surface area (Å²) in [5.74, 6) is 0. The van der Waals surface area contributed by atoms with E-state index in [2.05, 4.69) is 0 Å². The van der Waals surface area contributed by atoms with Crippen molar-refractivity contribution in [2.45, 2.75) is 36.8 Å². The van der Waals surface area contributed by atoms with E-state index in [1.54, 1.807) is 37.8 Å². The highest BCUT2D eigenvalue weighted by Crippen LogP contribution is 2.42. The van der Waals surface area contributed by atoms with Gasteiger partial charge in [-0.05, 0) is 38.5 Å². The molecule has 1 spiro atoms. The first kappa shape index (κ1) is 21.6. The molecule has 0 saturated carbocycles. The molecule has 2 fully saturated rings. The van der Waals surface area contributed by atoms with Crippen molar-refractivity contribution in [3.63, 3.8) is 0 Å². The van der Waals surface area contributed by atoms with Gasteiger partial charge in [0.25, 0.3) is 10.1 Å². The highest BCUT2D eigenvalue weighted by Gasteiger charge is 2.53. The standard InChI is InChI=1S/C19H24FN3O7S/c1-18(2,3)30-16(24)22-8-6-21(7-9-22)14-5-4-13-10-15(14)31(26,27)29-12-19(13)11-28-17(25)23(19)20/h4-5,10H,6-9,11-12H2,1-3H3. The van der Waals surface area contributed by atoms with Crippen molar-refractivity contribution in [2.24, 2.45) is 0 Å². The van der Waals surface area contributed by atoms with Crippen LogP contribution >= 0.6 is 0 Å². The maximum Gasteiger partial charge on any atom is 0.439 e. The average Bonchev–Trinajstić information content (AvgIpc) is 2.96. The molecule has 12 heteroatoms. The molecule has 1 unspecified atom stereocenters. The third-order valence-corrected chi connectivity index (χ3v) is 6.76. The van der Waals surface area contributed by atoms with E-state index in [-0.39, 0.29) is 22.2 Å². The lowest BCUT2D eigenvalue weighted by Gasteiger charge is -2.37. The Kier molecular flexibility index (Phi) is 5.04. The smallest absolute Gasteiger partial charge is 0.439 e. The second kappa shape index (κ2) is 7.23. The number of hydrogen-bond donors (Lipinski definition) is 0. The van der Waals surface area contributed by atoms with Crippen LogP contribution in [-0.4, -0.2) is 75.6 Å². The van der Waals surface area contributed by atoms with E-state index >= 15 is 0 Å². The number of benzene rings is 1. The van der Waals surface area contributed by atoms with Crippen molar-refractivity contribution < 1.29 is 36.1 Å². The van der Waals surface area contributed by atoms with Gasteiger partial charge in [0.15, 0.2) is 5.54 Å². The summed E-state index contributed by atoms with van der Waals surface area (Å²) in [5, 5.41) is -0.119. The van der Waals surface area contributed by atoms with Crippen LogP contribution in [0, 0.1) is 0 Å². The molecule has 1 aromatic rings. The summed E-state index contributed by atoms with van der Waals surface area (Å²) in [6.45, 7) is 5.87. The van der Waals surface area contributed by atoms with Crippen LogP contribution in [0.15, 0.2) is 23.1 Å². The SMILES string of the molecule is CC(C)(C)OC(=O)N1CCN(c2ccc3cc2S(=O)(=O)OCC32COC(=O)N2F)CC1. The van der Waals surface area contributed by atoms with Crippen LogP contribution in [0.3, 0.4) is 0 Å². The van der Waals surface area contributed by atoms with E-state index in [4.69, 9.17) is 13.7 Å². The molecule has 0 N–H and O–H groups in total. The fraction of sp³-hybridized carbons (Fsp3) is 0.579. The van der Waals surface area contributed by atoms with E-state index < -0.39 is 40.1 Å². The topological polar surface area (TPSA) is 106 Å². The largest absolute Gasteiger partial charge is 0.445 e. The van der Waals surface area contributed by atoms with Crippen molar-refractivity contribution in [3.05, 3.63) is 23.8 Å². The monoisotopic (exact) mass is 457 g/mol. The van der Waals surface area contributed by atoms with Crippen LogP contribution < -0.4 is 4.90 Å². The van der Waals surface area contributed by atoms with E-state index in [0.29, 0.717) is 31.9 Å². The van der Waals surface area contributed by atoms with E-state index in [1.807, 2.05) is 4.90 Å². The maximum atomic E-state index is 14.5. The Labute approximate surface area is 179 Å². The summed E-state index contributed by atoms with van der Waals surface area (Å²) in [5.41, 5.74) is -1.60. The Hall–Kier alpha value is -2.60. The summed E-state index contributed by atoms with van der Waals surface area (Å²) in [6.07, 6.45) is -1.61. The minimum Gasteiger partial charge on any atom is -0.445 e. The molecule has 3 aliphatic heterocycles. The normalized spacial score (nSPS) is 25.4. The van der Waals surface area contributed by atoms with Gasteiger partial charge in [0.2, 0.25) is 0 Å². The Morgan fingerprint density at radius 3 is 2.42 bits per heavy atom.